The van der Waals surface area contributed by atoms with E-state index in [2.05, 4.69) is 9.72 Å². The highest BCUT2D eigenvalue weighted by Crippen LogP contribution is 2.32. The predicted octanol–water partition coefficient (Wildman–Crippen LogP) is 4.06. The number of anilines is 1. The van der Waals surface area contributed by atoms with Crippen LogP contribution in [-0.2, 0) is 10.9 Å². The number of halogens is 5. The molecule has 1 aliphatic rings. The van der Waals surface area contributed by atoms with Gasteiger partial charge in [-0.05, 0) is 36.4 Å². The fourth-order valence-electron chi connectivity index (χ4n) is 3.18. The van der Waals surface area contributed by atoms with Crippen molar-refractivity contribution in [1.82, 2.24) is 4.98 Å². The third-order valence-corrected chi connectivity index (χ3v) is 4.56. The summed E-state index contributed by atoms with van der Waals surface area (Å²) in [7, 11) is 0. The van der Waals surface area contributed by atoms with Crippen LogP contribution in [0.4, 0.5) is 27.8 Å². The number of nitrogens with zero attached hydrogens (tertiary/aromatic N) is 2. The molecule has 1 N–H and O–H groups in total. The van der Waals surface area contributed by atoms with E-state index in [0.29, 0.717) is 5.82 Å². The first kappa shape index (κ1) is 21.8. The number of carboxylic acids is 1. The van der Waals surface area contributed by atoms with Crippen LogP contribution < -0.4 is 9.64 Å². The van der Waals surface area contributed by atoms with Gasteiger partial charge in [0.15, 0.2) is 0 Å². The van der Waals surface area contributed by atoms with Crippen LogP contribution in [0.25, 0.3) is 0 Å². The van der Waals surface area contributed by atoms with Crippen LogP contribution in [0, 0.1) is 0 Å². The molecule has 1 aliphatic heterocycles. The fourth-order valence-corrected chi connectivity index (χ4v) is 3.18. The lowest BCUT2D eigenvalue weighted by atomic mass is 10.2. The zero-order chi connectivity index (χ0) is 21.9. The second-order valence-electron chi connectivity index (χ2n) is 6.61. The van der Waals surface area contributed by atoms with E-state index in [1.54, 1.807) is 4.90 Å². The van der Waals surface area contributed by atoms with Gasteiger partial charge in [0.1, 0.15) is 17.7 Å². The molecule has 1 aromatic carbocycles. The van der Waals surface area contributed by atoms with Gasteiger partial charge in [0.05, 0.1) is 30.3 Å². The minimum Gasteiger partial charge on any atom is -0.489 e. The van der Waals surface area contributed by atoms with Gasteiger partial charge in [-0.25, -0.2) is 9.78 Å². The Bertz CT molecular complexity index is 859. The molecule has 2 aromatic rings. The van der Waals surface area contributed by atoms with E-state index in [4.69, 9.17) is 9.84 Å². The number of hydrogen-bond acceptors (Lipinski definition) is 5. The number of aromatic carboxylic acids is 1. The van der Waals surface area contributed by atoms with E-state index in [-0.39, 0.29) is 30.9 Å². The summed E-state index contributed by atoms with van der Waals surface area (Å²) in [5.41, 5.74) is -0.843. The van der Waals surface area contributed by atoms with Gasteiger partial charge in [0.25, 0.3) is 0 Å². The molecule has 0 saturated carbocycles. The Kier molecular flexibility index (Phi) is 6.40. The largest absolute Gasteiger partial charge is 0.489 e. The van der Waals surface area contributed by atoms with Crippen LogP contribution in [-0.4, -0.2) is 48.0 Å². The van der Waals surface area contributed by atoms with Gasteiger partial charge in [-0.15, -0.1) is 0 Å². The first-order valence-corrected chi connectivity index (χ1v) is 8.83. The smallest absolute Gasteiger partial charge is 0.416 e. The van der Waals surface area contributed by atoms with Crippen molar-refractivity contribution in [2.24, 2.45) is 0 Å². The van der Waals surface area contributed by atoms with Gasteiger partial charge >= 0.3 is 18.8 Å². The predicted molar refractivity (Wildman–Crippen MR) is 94.8 cm³/mol. The quantitative estimate of drug-likeness (QED) is 0.666. The average Bonchev–Trinajstić information content (AvgIpc) is 3.08. The lowest BCUT2D eigenvalue weighted by Crippen LogP contribution is -2.34. The van der Waals surface area contributed by atoms with Crippen molar-refractivity contribution >= 4 is 11.8 Å². The van der Waals surface area contributed by atoms with E-state index in [1.807, 2.05) is 0 Å². The highest BCUT2D eigenvalue weighted by Gasteiger charge is 2.35. The summed E-state index contributed by atoms with van der Waals surface area (Å²) >= 11 is 0. The standard InChI is InChI=1S/C19H17F5N2O4/c20-18(21)29-10-13-7-15(30-14-4-2-12(3-5-14)19(22,23)24)9-26(13)16-6-1-11(8-25-16)17(27)28/h1-6,8,13,15,18H,7,9-10H2,(H,27,28)/t13-,15-/m0/s1. The number of ether oxygens (including phenoxy) is 2. The molecule has 0 bridgehead atoms. The lowest BCUT2D eigenvalue weighted by molar-refractivity contribution is -0.137. The van der Waals surface area contributed by atoms with Crippen LogP contribution in [0.2, 0.25) is 0 Å². The van der Waals surface area contributed by atoms with Gasteiger partial charge in [-0.2, -0.15) is 22.0 Å². The Morgan fingerprint density at radius 2 is 1.90 bits per heavy atom. The van der Waals surface area contributed by atoms with E-state index in [0.717, 1.165) is 18.3 Å². The van der Waals surface area contributed by atoms with Gasteiger partial charge in [-0.3, -0.25) is 0 Å². The zero-order valence-electron chi connectivity index (χ0n) is 15.4. The molecule has 0 aliphatic carbocycles. The van der Waals surface area contributed by atoms with Gasteiger partial charge in [-0.1, -0.05) is 0 Å². The van der Waals surface area contributed by atoms with E-state index in [1.165, 1.54) is 24.3 Å². The molecule has 3 rings (SSSR count). The number of carboxylic acid groups (broad SMARTS) is 1. The third-order valence-electron chi connectivity index (χ3n) is 4.56. The average molecular weight is 432 g/mol. The molecule has 11 heteroatoms. The summed E-state index contributed by atoms with van der Waals surface area (Å²) in [6, 6.07) is 6.41. The number of rotatable bonds is 7. The summed E-state index contributed by atoms with van der Waals surface area (Å²) in [5.74, 6) is -0.601. The Balaban J connectivity index is 1.73. The third kappa shape index (κ3) is 5.35. The van der Waals surface area contributed by atoms with E-state index in [9.17, 15) is 26.7 Å². The number of pyridine rings is 1. The fraction of sp³-hybridized carbons (Fsp3) is 0.368. The van der Waals surface area contributed by atoms with Crippen LogP contribution >= 0.6 is 0 Å². The van der Waals surface area contributed by atoms with Crippen molar-refractivity contribution in [2.45, 2.75) is 31.4 Å². The minimum absolute atomic E-state index is 0.0316. The highest BCUT2D eigenvalue weighted by molar-refractivity contribution is 5.87. The van der Waals surface area contributed by atoms with E-state index < -0.39 is 36.5 Å². The topological polar surface area (TPSA) is 71.9 Å². The van der Waals surface area contributed by atoms with Crippen LogP contribution in [0.1, 0.15) is 22.3 Å². The summed E-state index contributed by atoms with van der Waals surface area (Å²) in [4.78, 5) is 16.7. The van der Waals surface area contributed by atoms with Gasteiger partial charge in [0, 0.05) is 12.6 Å². The molecule has 30 heavy (non-hydrogen) atoms. The summed E-state index contributed by atoms with van der Waals surface area (Å²) in [6.07, 6.45) is -3.58. The molecule has 1 fully saturated rings. The second kappa shape index (κ2) is 8.82. The van der Waals surface area contributed by atoms with Crippen molar-refractivity contribution in [3.05, 3.63) is 53.7 Å². The Hall–Kier alpha value is -2.95. The molecule has 2 heterocycles. The minimum atomic E-state index is -4.46. The number of benzene rings is 1. The summed E-state index contributed by atoms with van der Waals surface area (Å²) in [6.45, 7) is -3.09. The van der Waals surface area contributed by atoms with Crippen LogP contribution in [0.15, 0.2) is 42.6 Å². The molecule has 0 amide bonds. The molecule has 1 saturated heterocycles. The molecule has 6 nitrogen and oxygen atoms in total. The zero-order valence-corrected chi connectivity index (χ0v) is 15.4. The molecular formula is C19H17F5N2O4. The number of alkyl halides is 5. The Morgan fingerprint density at radius 1 is 1.20 bits per heavy atom. The molecule has 0 unspecified atom stereocenters. The Labute approximate surface area is 167 Å². The van der Waals surface area contributed by atoms with E-state index >= 15 is 0 Å². The lowest BCUT2D eigenvalue weighted by Gasteiger charge is -2.25. The number of carbonyl (C=O) groups is 1. The van der Waals surface area contributed by atoms with Crippen molar-refractivity contribution in [1.29, 1.82) is 0 Å². The molecular weight excluding hydrogens is 415 g/mol. The van der Waals surface area contributed by atoms with Crippen molar-refractivity contribution in [3.8, 4) is 5.75 Å². The number of aromatic nitrogens is 1. The maximum Gasteiger partial charge on any atom is 0.416 e. The van der Waals surface area contributed by atoms with Crippen molar-refractivity contribution < 1.29 is 41.3 Å². The Morgan fingerprint density at radius 3 is 2.43 bits per heavy atom. The first-order valence-electron chi connectivity index (χ1n) is 8.83. The van der Waals surface area contributed by atoms with Gasteiger partial charge in [0.2, 0.25) is 0 Å². The van der Waals surface area contributed by atoms with Gasteiger partial charge < -0.3 is 19.5 Å². The first-order chi connectivity index (χ1) is 14.1. The normalized spacial score (nSPS) is 19.3. The second-order valence-corrected chi connectivity index (χ2v) is 6.61. The molecule has 0 radical (unpaired) electrons. The monoisotopic (exact) mass is 432 g/mol. The number of hydrogen-bond donors (Lipinski definition) is 1. The maximum atomic E-state index is 12.7. The molecule has 2 atom stereocenters. The summed E-state index contributed by atoms with van der Waals surface area (Å²) < 4.78 is 73.1. The maximum absolute atomic E-state index is 12.7. The highest BCUT2D eigenvalue weighted by atomic mass is 19.4. The molecule has 162 valence electrons. The van der Waals surface area contributed by atoms with Crippen LogP contribution in [0.5, 0.6) is 5.75 Å². The summed E-state index contributed by atoms with van der Waals surface area (Å²) in [5, 5.41) is 8.97. The SMILES string of the molecule is O=C(O)c1ccc(N2C[C@@H](Oc3ccc(C(F)(F)F)cc3)C[C@H]2COC(F)F)nc1. The van der Waals surface area contributed by atoms with Crippen LogP contribution in [0.3, 0.4) is 0 Å². The van der Waals surface area contributed by atoms with Crippen molar-refractivity contribution in [3.63, 3.8) is 0 Å². The van der Waals surface area contributed by atoms with Crippen molar-refractivity contribution in [2.75, 3.05) is 18.1 Å². The molecule has 0 spiro atoms. The molecule has 1 aromatic heterocycles.